The van der Waals surface area contributed by atoms with Crippen LogP contribution in [0.1, 0.15) is 123 Å². The molecular weight excluding hydrogens is 709 g/mol. The van der Waals surface area contributed by atoms with Crippen molar-refractivity contribution in [1.29, 1.82) is 5.26 Å². The molecule has 58 heavy (non-hydrogen) atoms. The van der Waals surface area contributed by atoms with Crippen LogP contribution in [0.3, 0.4) is 0 Å². The Labute approximate surface area is 341 Å². The number of hydrogen-bond acceptors (Lipinski definition) is 5. The molecule has 6 aromatic rings. The molecule has 5 aromatic carbocycles. The van der Waals surface area contributed by atoms with E-state index in [1.807, 2.05) is 18.2 Å². The monoisotopic (exact) mass is 756 g/mol. The minimum atomic E-state index is -0.102. The average molecular weight is 757 g/mol. The van der Waals surface area contributed by atoms with E-state index in [1.165, 1.54) is 71.9 Å². The Bertz CT molecular complexity index is 2660. The quantitative estimate of drug-likeness (QED) is 0.175. The van der Waals surface area contributed by atoms with Crippen LogP contribution < -0.4 is 4.74 Å². The van der Waals surface area contributed by atoms with Gasteiger partial charge in [-0.3, -0.25) is 0 Å². The predicted molar refractivity (Wildman–Crippen MR) is 228 cm³/mol. The predicted octanol–water partition coefficient (Wildman–Crippen LogP) is 12.0. The highest BCUT2D eigenvalue weighted by Crippen LogP contribution is 2.67. The fourth-order valence-electron chi connectivity index (χ4n) is 13.4. The van der Waals surface area contributed by atoms with Crippen LogP contribution in [0.5, 0.6) is 5.75 Å². The van der Waals surface area contributed by atoms with E-state index in [4.69, 9.17) is 19.7 Å². The first-order chi connectivity index (χ1) is 28.3. The molecule has 0 spiro atoms. The molecule has 4 bridgehead atoms. The van der Waals surface area contributed by atoms with Crippen LogP contribution in [0.15, 0.2) is 115 Å². The maximum Gasteiger partial charge on any atom is 0.163 e. The van der Waals surface area contributed by atoms with E-state index >= 15 is 0 Å². The van der Waals surface area contributed by atoms with E-state index in [-0.39, 0.29) is 28.3 Å². The van der Waals surface area contributed by atoms with Gasteiger partial charge in [0.2, 0.25) is 0 Å². The first-order valence-electron chi connectivity index (χ1n) is 21.7. The van der Waals surface area contributed by atoms with Gasteiger partial charge in [-0.05, 0) is 138 Å². The van der Waals surface area contributed by atoms with E-state index in [1.54, 1.807) is 5.56 Å². The second kappa shape index (κ2) is 12.5. The van der Waals surface area contributed by atoms with Crippen LogP contribution in [0.4, 0.5) is 0 Å². The van der Waals surface area contributed by atoms with Crippen molar-refractivity contribution in [3.8, 4) is 45.7 Å². The first kappa shape index (κ1) is 34.4. The summed E-state index contributed by atoms with van der Waals surface area (Å²) in [6.07, 6.45) is 10.9. The van der Waals surface area contributed by atoms with E-state index in [0.717, 1.165) is 71.0 Å². The standard InChI is InChI=1S/C53H48N4O/c1-51(2)44-11-7-6-10-40(44)41-19-14-36(23-45(41)51)49-55-48(35-8-4-3-5-9-35)56-50(57-49)37-15-20-42-43-25-39(18-21-46(43)58-47(42)24-37)53-28-33-22-34(29-53)27-52(26-33,31-53)38-16-12-32(30-54)13-17-38/h3-14,16-19,21,23,25,33-34,37,42,47H,15,20,22,24,26-29,31H2,1-2H3. The SMILES string of the molecule is CC1(C)c2ccccc2-c2ccc(-c3nc(-c4ccccc4)nc(C4CCC5c6cc(C78CC9CC(CC(c%10ccc(C#N)cc%10)(C9)C7)C8)ccc6OC5C4)n3)cc21. The summed E-state index contributed by atoms with van der Waals surface area (Å²) in [5.74, 6) is 5.56. The fourth-order valence-corrected chi connectivity index (χ4v) is 13.4. The molecule has 1 aliphatic heterocycles. The third kappa shape index (κ3) is 5.16. The number of nitriles is 1. The van der Waals surface area contributed by atoms with Crippen molar-refractivity contribution in [2.45, 2.75) is 106 Å². The fraction of sp³-hybridized carbons (Fsp3) is 0.358. The molecule has 7 aliphatic rings. The summed E-state index contributed by atoms with van der Waals surface area (Å²) in [4.78, 5) is 15.7. The molecule has 13 rings (SSSR count). The van der Waals surface area contributed by atoms with Crippen LogP contribution in [-0.4, -0.2) is 21.1 Å². The van der Waals surface area contributed by atoms with Crippen molar-refractivity contribution in [1.82, 2.24) is 15.0 Å². The Morgan fingerprint density at radius 1 is 0.638 bits per heavy atom. The Morgan fingerprint density at radius 2 is 1.33 bits per heavy atom. The molecule has 5 heteroatoms. The summed E-state index contributed by atoms with van der Waals surface area (Å²) < 4.78 is 6.88. The highest BCUT2D eigenvalue weighted by Gasteiger charge is 2.59. The van der Waals surface area contributed by atoms with Gasteiger partial charge in [0.1, 0.15) is 17.7 Å². The molecule has 0 amide bonds. The van der Waals surface area contributed by atoms with Gasteiger partial charge in [-0.1, -0.05) is 105 Å². The van der Waals surface area contributed by atoms with Crippen molar-refractivity contribution >= 4 is 0 Å². The van der Waals surface area contributed by atoms with Crippen molar-refractivity contribution in [3.63, 3.8) is 0 Å². The molecule has 2 heterocycles. The number of aromatic nitrogens is 3. The lowest BCUT2D eigenvalue weighted by Crippen LogP contribution is -2.55. The van der Waals surface area contributed by atoms with Gasteiger partial charge in [0.25, 0.3) is 0 Å². The zero-order valence-electron chi connectivity index (χ0n) is 33.4. The van der Waals surface area contributed by atoms with Gasteiger partial charge >= 0.3 is 0 Å². The molecule has 5 fully saturated rings. The number of fused-ring (bicyclic) bond motifs is 6. The third-order valence-corrected chi connectivity index (χ3v) is 15.7. The molecule has 1 aromatic heterocycles. The van der Waals surface area contributed by atoms with Crippen LogP contribution in [0.2, 0.25) is 0 Å². The topological polar surface area (TPSA) is 71.7 Å². The summed E-state index contributed by atoms with van der Waals surface area (Å²) >= 11 is 0. The first-order valence-corrected chi connectivity index (χ1v) is 21.7. The normalized spacial score (nSPS) is 29.2. The highest BCUT2D eigenvalue weighted by atomic mass is 16.5. The molecule has 5 atom stereocenters. The van der Waals surface area contributed by atoms with Crippen LogP contribution in [0.25, 0.3) is 33.9 Å². The zero-order valence-corrected chi connectivity index (χ0v) is 33.4. The van der Waals surface area contributed by atoms with Gasteiger partial charge < -0.3 is 4.74 Å². The number of nitrogens with zero attached hydrogens (tertiary/aromatic N) is 4. The lowest BCUT2D eigenvalue weighted by molar-refractivity contribution is -0.0281. The lowest BCUT2D eigenvalue weighted by atomic mass is 9.41. The van der Waals surface area contributed by atoms with E-state index in [9.17, 15) is 5.26 Å². The Morgan fingerprint density at radius 3 is 2.10 bits per heavy atom. The Hall–Kier alpha value is -5.60. The number of rotatable bonds is 5. The van der Waals surface area contributed by atoms with Crippen molar-refractivity contribution in [3.05, 3.63) is 154 Å². The lowest BCUT2D eigenvalue weighted by Gasteiger charge is -2.63. The summed E-state index contributed by atoms with van der Waals surface area (Å²) in [5.41, 5.74) is 12.9. The van der Waals surface area contributed by atoms with E-state index in [0.29, 0.717) is 5.92 Å². The van der Waals surface area contributed by atoms with E-state index < -0.39 is 0 Å². The largest absolute Gasteiger partial charge is 0.489 e. The second-order valence-corrected chi connectivity index (χ2v) is 19.4. The molecule has 0 saturated heterocycles. The third-order valence-electron chi connectivity index (χ3n) is 15.7. The maximum atomic E-state index is 9.49. The van der Waals surface area contributed by atoms with Gasteiger partial charge in [-0.15, -0.1) is 0 Å². The van der Waals surface area contributed by atoms with Gasteiger partial charge in [0, 0.05) is 33.9 Å². The number of hydrogen-bond donors (Lipinski definition) is 0. The smallest absolute Gasteiger partial charge is 0.163 e. The zero-order chi connectivity index (χ0) is 38.8. The molecule has 0 N–H and O–H groups in total. The van der Waals surface area contributed by atoms with Crippen molar-refractivity contribution in [2.24, 2.45) is 11.8 Å². The summed E-state index contributed by atoms with van der Waals surface area (Å²) in [6, 6.07) is 44.2. The molecule has 5 unspecified atom stereocenters. The molecule has 5 saturated carbocycles. The molecular formula is C53H48N4O. The van der Waals surface area contributed by atoms with Gasteiger partial charge in [0.15, 0.2) is 11.6 Å². The Balaban J connectivity index is 0.850. The maximum absolute atomic E-state index is 9.49. The van der Waals surface area contributed by atoms with Gasteiger partial charge in [-0.25, -0.2) is 15.0 Å². The Kier molecular flexibility index (Phi) is 7.39. The molecule has 0 radical (unpaired) electrons. The van der Waals surface area contributed by atoms with E-state index in [2.05, 4.69) is 117 Å². The molecule has 286 valence electrons. The van der Waals surface area contributed by atoms with Gasteiger partial charge in [-0.2, -0.15) is 5.26 Å². The summed E-state index contributed by atoms with van der Waals surface area (Å²) in [5, 5.41) is 9.49. The number of benzene rings is 5. The van der Waals surface area contributed by atoms with Crippen LogP contribution in [0, 0.1) is 23.2 Å². The number of ether oxygens (including phenoxy) is 1. The van der Waals surface area contributed by atoms with Gasteiger partial charge in [0.05, 0.1) is 11.6 Å². The van der Waals surface area contributed by atoms with Crippen LogP contribution >= 0.6 is 0 Å². The average Bonchev–Trinajstić information content (AvgIpc) is 3.74. The second-order valence-electron chi connectivity index (χ2n) is 19.4. The summed E-state index contributed by atoms with van der Waals surface area (Å²) in [6.45, 7) is 4.65. The minimum absolute atomic E-state index is 0.102. The summed E-state index contributed by atoms with van der Waals surface area (Å²) in [7, 11) is 0. The van der Waals surface area contributed by atoms with Crippen molar-refractivity contribution in [2.75, 3.05) is 0 Å². The van der Waals surface area contributed by atoms with Crippen molar-refractivity contribution < 1.29 is 4.74 Å². The van der Waals surface area contributed by atoms with Crippen LogP contribution in [-0.2, 0) is 16.2 Å². The molecule has 6 aliphatic carbocycles. The highest BCUT2D eigenvalue weighted by molar-refractivity contribution is 5.83. The minimum Gasteiger partial charge on any atom is -0.489 e. The molecule has 5 nitrogen and oxygen atoms in total.